The fourth-order valence-corrected chi connectivity index (χ4v) is 1.67. The number of nitrogens with one attached hydrogen (secondary N) is 3. The number of aromatic amines is 2. The number of carbonyl (C=O) groups is 1. The van der Waals surface area contributed by atoms with Crippen LogP contribution in [0.4, 0.5) is 0 Å². The molecular formula is C9H11N5O2P2. The number of hydrogen-bond donors (Lipinski definition) is 4. The van der Waals surface area contributed by atoms with Crippen molar-refractivity contribution in [3.05, 3.63) is 30.0 Å². The Labute approximate surface area is 107 Å². The average Bonchev–Trinajstić information content (AvgIpc) is 2.94. The fraction of sp³-hybridized carbons (Fsp3) is 0. The lowest BCUT2D eigenvalue weighted by atomic mass is 10.4. The van der Waals surface area contributed by atoms with Crippen LogP contribution in [0.3, 0.4) is 0 Å². The van der Waals surface area contributed by atoms with Gasteiger partial charge in [0.2, 0.25) is 0 Å². The lowest BCUT2D eigenvalue weighted by Gasteiger charge is -1.98. The Bertz CT molecular complexity index is 604. The van der Waals surface area contributed by atoms with E-state index in [1.165, 1.54) is 18.6 Å². The fourth-order valence-electron chi connectivity index (χ4n) is 1.21. The molecule has 9 heteroatoms. The third kappa shape index (κ3) is 2.94. The van der Waals surface area contributed by atoms with E-state index in [-0.39, 0.29) is 5.76 Å². The summed E-state index contributed by atoms with van der Waals surface area (Å²) in [6.45, 7) is 0. The normalized spacial score (nSPS) is 11.6. The van der Waals surface area contributed by atoms with Crippen molar-refractivity contribution >= 4 is 41.3 Å². The largest absolute Gasteiger partial charge is 0.504 e. The Morgan fingerprint density at radius 3 is 2.28 bits per heavy atom. The first kappa shape index (κ1) is 12.7. The molecule has 18 heavy (non-hydrogen) atoms. The molecule has 2 aromatic heterocycles. The number of aliphatic hydroxyl groups excluding tert-OH is 1. The summed E-state index contributed by atoms with van der Waals surface area (Å²) in [5.74, 6) is -0.511. The first-order valence-corrected chi connectivity index (χ1v) is 6.03. The van der Waals surface area contributed by atoms with E-state index in [4.69, 9.17) is 0 Å². The smallest absolute Gasteiger partial charge is 0.273 e. The molecule has 0 saturated carbocycles. The zero-order chi connectivity index (χ0) is 13.1. The molecule has 2 unspecified atom stereocenters. The van der Waals surface area contributed by atoms with Crippen LogP contribution in [0.1, 0.15) is 16.2 Å². The summed E-state index contributed by atoms with van der Waals surface area (Å²) < 4.78 is 0. The lowest BCUT2D eigenvalue weighted by molar-refractivity contribution is 0.0965. The van der Waals surface area contributed by atoms with Gasteiger partial charge in [0.05, 0.1) is 12.4 Å². The van der Waals surface area contributed by atoms with E-state index in [0.717, 1.165) is 0 Å². The first-order valence-electron chi connectivity index (χ1n) is 4.87. The minimum absolute atomic E-state index is 0.116. The van der Waals surface area contributed by atoms with Crippen molar-refractivity contribution in [1.82, 2.24) is 25.3 Å². The van der Waals surface area contributed by atoms with Gasteiger partial charge < -0.3 is 20.4 Å². The van der Waals surface area contributed by atoms with E-state index in [1.807, 2.05) is 0 Å². The number of aromatic nitrogens is 4. The molecule has 0 aliphatic heterocycles. The number of aliphatic hydroxyl groups is 1. The summed E-state index contributed by atoms with van der Waals surface area (Å²) in [7, 11) is 4.71. The highest BCUT2D eigenvalue weighted by atomic mass is 31.0. The van der Waals surface area contributed by atoms with Crippen molar-refractivity contribution in [2.75, 3.05) is 0 Å². The molecule has 0 fully saturated rings. The van der Waals surface area contributed by atoms with Crippen LogP contribution < -0.4 is 16.4 Å². The first-order chi connectivity index (χ1) is 8.56. The van der Waals surface area contributed by atoms with Crippen molar-refractivity contribution in [2.24, 2.45) is 0 Å². The van der Waals surface area contributed by atoms with E-state index < -0.39 is 5.91 Å². The summed E-state index contributed by atoms with van der Waals surface area (Å²) in [5, 5.41) is 12.1. The SMILES string of the molecule is O=C(NC=C(O)c1cnc(P)[nH]1)c1cnc(P)[nH]1. The van der Waals surface area contributed by atoms with Crippen LogP contribution in [0.5, 0.6) is 0 Å². The van der Waals surface area contributed by atoms with Crippen LogP contribution >= 0.6 is 18.5 Å². The molecule has 0 aliphatic carbocycles. The van der Waals surface area contributed by atoms with Gasteiger partial charge in [-0.15, -0.1) is 0 Å². The van der Waals surface area contributed by atoms with Gasteiger partial charge in [-0.25, -0.2) is 9.97 Å². The molecule has 0 radical (unpaired) electrons. The van der Waals surface area contributed by atoms with Crippen molar-refractivity contribution in [2.45, 2.75) is 0 Å². The molecule has 0 aromatic carbocycles. The van der Waals surface area contributed by atoms with Crippen LogP contribution in [0, 0.1) is 0 Å². The molecule has 7 nitrogen and oxygen atoms in total. The molecule has 0 saturated heterocycles. The Morgan fingerprint density at radius 1 is 1.22 bits per heavy atom. The number of imidazole rings is 2. The van der Waals surface area contributed by atoms with Gasteiger partial charge in [-0.1, -0.05) is 18.5 Å². The Hall–Kier alpha value is -1.71. The summed E-state index contributed by atoms with van der Waals surface area (Å²) >= 11 is 0. The molecule has 2 rings (SSSR count). The van der Waals surface area contributed by atoms with Crippen LogP contribution in [-0.4, -0.2) is 30.9 Å². The topological polar surface area (TPSA) is 107 Å². The van der Waals surface area contributed by atoms with Crippen molar-refractivity contribution in [1.29, 1.82) is 0 Å². The van der Waals surface area contributed by atoms with Gasteiger partial charge in [-0.3, -0.25) is 4.79 Å². The van der Waals surface area contributed by atoms with Gasteiger partial charge in [-0.05, 0) is 0 Å². The van der Waals surface area contributed by atoms with Crippen LogP contribution in [-0.2, 0) is 0 Å². The van der Waals surface area contributed by atoms with E-state index in [1.54, 1.807) is 0 Å². The number of amides is 1. The monoisotopic (exact) mass is 283 g/mol. The minimum atomic E-state index is -0.395. The summed E-state index contributed by atoms with van der Waals surface area (Å²) in [4.78, 5) is 24.9. The number of hydrogen-bond acceptors (Lipinski definition) is 4. The van der Waals surface area contributed by atoms with Crippen LogP contribution in [0.25, 0.3) is 5.76 Å². The van der Waals surface area contributed by atoms with E-state index in [0.29, 0.717) is 22.5 Å². The zero-order valence-electron chi connectivity index (χ0n) is 9.14. The van der Waals surface area contributed by atoms with E-state index in [9.17, 15) is 9.90 Å². The Morgan fingerprint density at radius 2 is 1.78 bits per heavy atom. The third-order valence-electron chi connectivity index (χ3n) is 2.05. The molecular weight excluding hydrogens is 272 g/mol. The maximum Gasteiger partial charge on any atom is 0.273 e. The molecule has 2 heterocycles. The van der Waals surface area contributed by atoms with Crippen LogP contribution in [0.15, 0.2) is 18.6 Å². The summed E-state index contributed by atoms with van der Waals surface area (Å²) in [6.07, 6.45) is 4.04. The van der Waals surface area contributed by atoms with Crippen molar-refractivity contribution in [3.8, 4) is 0 Å². The van der Waals surface area contributed by atoms with Crippen molar-refractivity contribution in [3.63, 3.8) is 0 Å². The molecule has 1 amide bonds. The number of carbonyl (C=O) groups excluding carboxylic acids is 1. The van der Waals surface area contributed by atoms with Crippen molar-refractivity contribution < 1.29 is 9.90 Å². The molecule has 0 aliphatic rings. The number of H-pyrrole nitrogens is 2. The number of rotatable bonds is 3. The maximum absolute atomic E-state index is 11.6. The minimum Gasteiger partial charge on any atom is -0.504 e. The molecule has 0 spiro atoms. The standard InChI is InChI=1S/C9H11N5O2P2/c15-6(4-1-11-8(17)13-4)3-10-7(16)5-2-12-9(18)14-5/h1-3,15H,17-18H2,(H,10,16)(H,11,13)(H,12,14). The second kappa shape index (κ2) is 5.29. The molecule has 4 N–H and O–H groups in total. The van der Waals surface area contributed by atoms with Gasteiger partial charge in [-0.2, -0.15) is 0 Å². The molecule has 94 valence electrons. The third-order valence-corrected chi connectivity index (χ3v) is 2.64. The molecule has 2 aromatic rings. The maximum atomic E-state index is 11.6. The van der Waals surface area contributed by atoms with E-state index in [2.05, 4.69) is 43.7 Å². The highest BCUT2D eigenvalue weighted by molar-refractivity contribution is 7.26. The second-order valence-electron chi connectivity index (χ2n) is 3.37. The predicted octanol–water partition coefficient (Wildman–Crippen LogP) is -0.580. The zero-order valence-corrected chi connectivity index (χ0v) is 11.4. The van der Waals surface area contributed by atoms with Gasteiger partial charge in [0.1, 0.15) is 22.5 Å². The average molecular weight is 283 g/mol. The van der Waals surface area contributed by atoms with E-state index >= 15 is 0 Å². The quantitative estimate of drug-likeness (QED) is 0.446. The Kier molecular flexibility index (Phi) is 3.75. The molecule has 2 atom stereocenters. The van der Waals surface area contributed by atoms with Gasteiger partial charge in [0.25, 0.3) is 5.91 Å². The highest BCUT2D eigenvalue weighted by Crippen LogP contribution is 2.04. The van der Waals surface area contributed by atoms with Gasteiger partial charge >= 0.3 is 0 Å². The van der Waals surface area contributed by atoms with Gasteiger partial charge in [0.15, 0.2) is 5.76 Å². The summed E-state index contributed by atoms with van der Waals surface area (Å²) in [5.41, 5.74) is 1.88. The predicted molar refractivity (Wildman–Crippen MR) is 73.9 cm³/mol. The summed E-state index contributed by atoms with van der Waals surface area (Å²) in [6, 6.07) is 0. The molecule has 0 bridgehead atoms. The highest BCUT2D eigenvalue weighted by Gasteiger charge is 2.08. The number of nitrogens with zero attached hydrogens (tertiary/aromatic N) is 2. The Balaban J connectivity index is 2.04. The van der Waals surface area contributed by atoms with Crippen LogP contribution in [0.2, 0.25) is 0 Å². The van der Waals surface area contributed by atoms with Gasteiger partial charge in [0, 0.05) is 6.20 Å². The second-order valence-corrected chi connectivity index (χ2v) is 4.46. The lowest BCUT2D eigenvalue weighted by Crippen LogP contribution is -2.18.